The van der Waals surface area contributed by atoms with Crippen molar-refractivity contribution in [1.29, 1.82) is 0 Å². The van der Waals surface area contributed by atoms with Crippen molar-refractivity contribution < 1.29 is 9.18 Å². The largest absolute Gasteiger partial charge is 0.345 e. The van der Waals surface area contributed by atoms with Gasteiger partial charge in [0, 0.05) is 11.9 Å². The van der Waals surface area contributed by atoms with Crippen LogP contribution in [0.1, 0.15) is 34.6 Å². The highest BCUT2D eigenvalue weighted by Gasteiger charge is 2.11. The van der Waals surface area contributed by atoms with Gasteiger partial charge in [-0.1, -0.05) is 12.1 Å². The molecule has 1 unspecified atom stereocenters. The predicted molar refractivity (Wildman–Crippen MR) is 71.3 cm³/mol. The molecule has 2 rings (SSSR count). The second kappa shape index (κ2) is 5.61. The van der Waals surface area contributed by atoms with Gasteiger partial charge in [-0.05, 0) is 43.7 Å². The van der Waals surface area contributed by atoms with Gasteiger partial charge >= 0.3 is 0 Å². The number of aryl methyl sites for hydroxylation is 1. The van der Waals surface area contributed by atoms with Gasteiger partial charge in [0.05, 0.1) is 11.6 Å². The number of benzene rings is 1. The van der Waals surface area contributed by atoms with Crippen LogP contribution in [0.3, 0.4) is 0 Å². The maximum atomic E-state index is 12.8. The molecule has 0 aliphatic rings. The standard InChI is InChI=1S/C15H15FN2O/c1-10-3-4-13(9-17-10)15(19)18-11(2)12-5-7-14(16)8-6-12/h3-9,11H,1-2H3,(H,18,19). The summed E-state index contributed by atoms with van der Waals surface area (Å²) in [5, 5.41) is 2.85. The molecular formula is C15H15FN2O. The number of rotatable bonds is 3. The summed E-state index contributed by atoms with van der Waals surface area (Å²) in [6.07, 6.45) is 1.54. The highest BCUT2D eigenvalue weighted by molar-refractivity contribution is 5.94. The maximum Gasteiger partial charge on any atom is 0.253 e. The van der Waals surface area contributed by atoms with E-state index in [1.165, 1.54) is 12.1 Å². The lowest BCUT2D eigenvalue weighted by Crippen LogP contribution is -2.26. The summed E-state index contributed by atoms with van der Waals surface area (Å²) in [7, 11) is 0. The van der Waals surface area contributed by atoms with Crippen LogP contribution < -0.4 is 5.32 Å². The lowest BCUT2D eigenvalue weighted by Gasteiger charge is -2.14. The zero-order valence-electron chi connectivity index (χ0n) is 10.9. The van der Waals surface area contributed by atoms with Gasteiger partial charge in [0.2, 0.25) is 0 Å². The van der Waals surface area contributed by atoms with Crippen LogP contribution in [0.4, 0.5) is 4.39 Å². The zero-order chi connectivity index (χ0) is 13.8. The molecule has 3 nitrogen and oxygen atoms in total. The van der Waals surface area contributed by atoms with Crippen LogP contribution in [0.15, 0.2) is 42.6 Å². The SMILES string of the molecule is Cc1ccc(C(=O)NC(C)c2ccc(F)cc2)cn1. The first-order chi connectivity index (χ1) is 9.06. The monoisotopic (exact) mass is 258 g/mol. The number of hydrogen-bond donors (Lipinski definition) is 1. The second-order valence-corrected chi connectivity index (χ2v) is 4.43. The van der Waals surface area contributed by atoms with E-state index in [1.54, 1.807) is 30.5 Å². The van der Waals surface area contributed by atoms with Crippen LogP contribution >= 0.6 is 0 Å². The summed E-state index contributed by atoms with van der Waals surface area (Å²) in [6.45, 7) is 3.72. The normalized spacial score (nSPS) is 11.9. The third-order valence-electron chi connectivity index (χ3n) is 2.89. The Kier molecular flexibility index (Phi) is 3.90. The lowest BCUT2D eigenvalue weighted by atomic mass is 10.1. The molecule has 0 saturated carbocycles. The molecule has 0 bridgehead atoms. The number of nitrogens with one attached hydrogen (secondary N) is 1. The average Bonchev–Trinajstić information content (AvgIpc) is 2.40. The molecule has 2 aromatic rings. The molecule has 1 N–H and O–H groups in total. The number of carbonyl (C=O) groups excluding carboxylic acids is 1. The summed E-state index contributed by atoms with van der Waals surface area (Å²) >= 11 is 0. The van der Waals surface area contributed by atoms with Gasteiger partial charge in [-0.2, -0.15) is 0 Å². The third-order valence-corrected chi connectivity index (χ3v) is 2.89. The fraction of sp³-hybridized carbons (Fsp3) is 0.200. The van der Waals surface area contributed by atoms with E-state index in [-0.39, 0.29) is 17.8 Å². The highest BCUT2D eigenvalue weighted by Crippen LogP contribution is 2.13. The number of carbonyl (C=O) groups is 1. The molecule has 0 aliphatic carbocycles. The van der Waals surface area contributed by atoms with E-state index in [0.29, 0.717) is 5.56 Å². The Labute approximate surface area is 111 Å². The van der Waals surface area contributed by atoms with Crippen LogP contribution in [0.5, 0.6) is 0 Å². The van der Waals surface area contributed by atoms with Crippen molar-refractivity contribution in [2.24, 2.45) is 0 Å². The van der Waals surface area contributed by atoms with Crippen LogP contribution in [-0.4, -0.2) is 10.9 Å². The van der Waals surface area contributed by atoms with Crippen molar-refractivity contribution in [3.05, 3.63) is 65.2 Å². The van der Waals surface area contributed by atoms with Crippen molar-refractivity contribution in [2.75, 3.05) is 0 Å². The minimum absolute atomic E-state index is 0.186. The van der Waals surface area contributed by atoms with Gasteiger partial charge < -0.3 is 5.32 Å². The Balaban J connectivity index is 2.06. The highest BCUT2D eigenvalue weighted by atomic mass is 19.1. The van der Waals surface area contributed by atoms with Crippen molar-refractivity contribution in [2.45, 2.75) is 19.9 Å². The Bertz CT molecular complexity index is 564. The number of amides is 1. The molecule has 1 atom stereocenters. The average molecular weight is 258 g/mol. The Morgan fingerprint density at radius 1 is 1.21 bits per heavy atom. The Morgan fingerprint density at radius 3 is 2.47 bits per heavy atom. The van der Waals surface area contributed by atoms with Gasteiger partial charge in [-0.25, -0.2) is 4.39 Å². The fourth-order valence-corrected chi connectivity index (χ4v) is 1.72. The van der Waals surface area contributed by atoms with Gasteiger partial charge in [-0.15, -0.1) is 0 Å². The Morgan fingerprint density at radius 2 is 1.89 bits per heavy atom. The number of hydrogen-bond acceptors (Lipinski definition) is 2. The summed E-state index contributed by atoms with van der Waals surface area (Å²) in [5.74, 6) is -0.477. The van der Waals surface area contributed by atoms with Gasteiger partial charge in [-0.3, -0.25) is 9.78 Å². The van der Waals surface area contributed by atoms with Crippen LogP contribution in [0.2, 0.25) is 0 Å². The van der Waals surface area contributed by atoms with E-state index in [2.05, 4.69) is 10.3 Å². The van der Waals surface area contributed by atoms with Crippen LogP contribution in [0.25, 0.3) is 0 Å². The van der Waals surface area contributed by atoms with Crippen molar-refractivity contribution >= 4 is 5.91 Å². The van der Waals surface area contributed by atoms with Crippen molar-refractivity contribution in [1.82, 2.24) is 10.3 Å². The first-order valence-corrected chi connectivity index (χ1v) is 6.05. The summed E-state index contributed by atoms with van der Waals surface area (Å²) < 4.78 is 12.8. The molecule has 4 heteroatoms. The quantitative estimate of drug-likeness (QED) is 0.919. The van der Waals surface area contributed by atoms with E-state index >= 15 is 0 Å². The zero-order valence-corrected chi connectivity index (χ0v) is 10.9. The molecule has 19 heavy (non-hydrogen) atoms. The van der Waals surface area contributed by atoms with E-state index in [0.717, 1.165) is 11.3 Å². The maximum absolute atomic E-state index is 12.8. The third kappa shape index (κ3) is 3.37. The van der Waals surface area contributed by atoms with E-state index in [1.807, 2.05) is 13.8 Å². The molecule has 0 fully saturated rings. The minimum Gasteiger partial charge on any atom is -0.345 e. The Hall–Kier alpha value is -2.23. The molecule has 0 radical (unpaired) electrons. The molecule has 1 heterocycles. The number of aromatic nitrogens is 1. The molecule has 1 amide bonds. The molecule has 0 saturated heterocycles. The lowest BCUT2D eigenvalue weighted by molar-refractivity contribution is 0.0939. The first-order valence-electron chi connectivity index (χ1n) is 6.05. The number of pyridine rings is 1. The number of halogens is 1. The molecule has 0 spiro atoms. The predicted octanol–water partition coefficient (Wildman–Crippen LogP) is 3.02. The van der Waals surface area contributed by atoms with Crippen LogP contribution in [-0.2, 0) is 0 Å². The van der Waals surface area contributed by atoms with Gasteiger partial charge in [0.25, 0.3) is 5.91 Å². The molecule has 1 aromatic heterocycles. The van der Waals surface area contributed by atoms with Crippen molar-refractivity contribution in [3.8, 4) is 0 Å². The molecular weight excluding hydrogens is 243 g/mol. The topological polar surface area (TPSA) is 42.0 Å². The van der Waals surface area contributed by atoms with E-state index < -0.39 is 0 Å². The van der Waals surface area contributed by atoms with Crippen molar-refractivity contribution in [3.63, 3.8) is 0 Å². The molecule has 1 aromatic carbocycles. The first kappa shape index (κ1) is 13.2. The number of nitrogens with zero attached hydrogens (tertiary/aromatic N) is 1. The van der Waals surface area contributed by atoms with E-state index in [9.17, 15) is 9.18 Å². The minimum atomic E-state index is -0.287. The molecule has 0 aliphatic heterocycles. The van der Waals surface area contributed by atoms with Crippen LogP contribution in [0, 0.1) is 12.7 Å². The summed E-state index contributed by atoms with van der Waals surface area (Å²) in [6, 6.07) is 9.42. The second-order valence-electron chi connectivity index (χ2n) is 4.43. The smallest absolute Gasteiger partial charge is 0.253 e. The van der Waals surface area contributed by atoms with E-state index in [4.69, 9.17) is 0 Å². The summed E-state index contributed by atoms with van der Waals surface area (Å²) in [4.78, 5) is 16.1. The fourth-order valence-electron chi connectivity index (χ4n) is 1.72. The van der Waals surface area contributed by atoms with Gasteiger partial charge in [0.15, 0.2) is 0 Å². The van der Waals surface area contributed by atoms with Gasteiger partial charge in [0.1, 0.15) is 5.82 Å². The summed E-state index contributed by atoms with van der Waals surface area (Å²) in [5.41, 5.74) is 2.23. The molecule has 98 valence electrons.